The van der Waals surface area contributed by atoms with Crippen LogP contribution in [0.25, 0.3) is 0 Å². The molecular formula is C19H22ClNO4. The molecule has 0 aromatic heterocycles. The SMILES string of the molecule is CCCOc1c(Cl)cc(C(=O)Nc2cc(C)ccc2O)cc1OCC. The number of phenols is 1. The van der Waals surface area contributed by atoms with Gasteiger partial charge in [-0.15, -0.1) is 0 Å². The zero-order valence-corrected chi connectivity index (χ0v) is 15.3. The van der Waals surface area contributed by atoms with Gasteiger partial charge in [-0.3, -0.25) is 4.79 Å². The van der Waals surface area contributed by atoms with Gasteiger partial charge in [0.25, 0.3) is 5.91 Å². The van der Waals surface area contributed by atoms with Crippen molar-refractivity contribution < 1.29 is 19.4 Å². The number of phenolic OH excluding ortho intramolecular Hbond substituents is 1. The van der Waals surface area contributed by atoms with E-state index in [1.165, 1.54) is 12.1 Å². The van der Waals surface area contributed by atoms with E-state index in [0.717, 1.165) is 12.0 Å². The van der Waals surface area contributed by atoms with E-state index >= 15 is 0 Å². The number of halogens is 1. The quantitative estimate of drug-likeness (QED) is 0.694. The third kappa shape index (κ3) is 4.79. The van der Waals surface area contributed by atoms with E-state index in [1.54, 1.807) is 18.2 Å². The molecule has 0 atom stereocenters. The number of aromatic hydroxyl groups is 1. The van der Waals surface area contributed by atoms with E-state index < -0.39 is 5.91 Å². The highest BCUT2D eigenvalue weighted by Gasteiger charge is 2.17. The molecule has 0 aliphatic carbocycles. The lowest BCUT2D eigenvalue weighted by molar-refractivity contribution is 0.102. The fraction of sp³-hybridized carbons (Fsp3) is 0.316. The maximum absolute atomic E-state index is 12.5. The molecule has 0 aliphatic heterocycles. The Labute approximate surface area is 152 Å². The largest absolute Gasteiger partial charge is 0.506 e. The Hall–Kier alpha value is -2.40. The number of ether oxygens (including phenoxy) is 2. The van der Waals surface area contributed by atoms with Crippen LogP contribution >= 0.6 is 11.6 Å². The maximum Gasteiger partial charge on any atom is 0.255 e. The van der Waals surface area contributed by atoms with Gasteiger partial charge in [-0.05, 0) is 50.1 Å². The monoisotopic (exact) mass is 363 g/mol. The lowest BCUT2D eigenvalue weighted by Crippen LogP contribution is -2.13. The number of rotatable bonds is 7. The van der Waals surface area contributed by atoms with Crippen molar-refractivity contribution in [3.8, 4) is 17.2 Å². The van der Waals surface area contributed by atoms with Gasteiger partial charge in [-0.25, -0.2) is 0 Å². The van der Waals surface area contributed by atoms with Crippen LogP contribution in [0.1, 0.15) is 36.2 Å². The minimum absolute atomic E-state index is 0.00187. The number of hydrogen-bond donors (Lipinski definition) is 2. The number of anilines is 1. The molecule has 0 aliphatic rings. The molecule has 2 aromatic carbocycles. The topological polar surface area (TPSA) is 67.8 Å². The number of benzene rings is 2. The minimum atomic E-state index is -0.397. The highest BCUT2D eigenvalue weighted by atomic mass is 35.5. The van der Waals surface area contributed by atoms with Gasteiger partial charge in [0.1, 0.15) is 5.75 Å². The van der Waals surface area contributed by atoms with Crippen molar-refractivity contribution in [1.29, 1.82) is 0 Å². The Morgan fingerprint density at radius 2 is 1.96 bits per heavy atom. The average molecular weight is 364 g/mol. The molecule has 6 heteroatoms. The van der Waals surface area contributed by atoms with Gasteiger partial charge >= 0.3 is 0 Å². The van der Waals surface area contributed by atoms with Crippen molar-refractivity contribution in [2.45, 2.75) is 27.2 Å². The predicted octanol–water partition coefficient (Wildman–Crippen LogP) is 4.79. The lowest BCUT2D eigenvalue weighted by atomic mass is 10.1. The summed E-state index contributed by atoms with van der Waals surface area (Å²) < 4.78 is 11.2. The van der Waals surface area contributed by atoms with E-state index in [1.807, 2.05) is 20.8 Å². The van der Waals surface area contributed by atoms with Crippen LogP contribution in [0.4, 0.5) is 5.69 Å². The van der Waals surface area contributed by atoms with Crippen LogP contribution in [0.2, 0.25) is 5.02 Å². The van der Waals surface area contributed by atoms with Crippen LogP contribution in [0.5, 0.6) is 17.2 Å². The Kier molecular flexibility index (Phi) is 6.53. The predicted molar refractivity (Wildman–Crippen MR) is 99.2 cm³/mol. The van der Waals surface area contributed by atoms with Crippen molar-refractivity contribution in [3.63, 3.8) is 0 Å². The fourth-order valence-corrected chi connectivity index (χ4v) is 2.52. The van der Waals surface area contributed by atoms with Gasteiger partial charge in [-0.1, -0.05) is 24.6 Å². The first-order valence-corrected chi connectivity index (χ1v) is 8.54. The Morgan fingerprint density at radius 3 is 2.64 bits per heavy atom. The molecule has 1 amide bonds. The van der Waals surface area contributed by atoms with Crippen LogP contribution < -0.4 is 14.8 Å². The molecular weight excluding hydrogens is 342 g/mol. The van der Waals surface area contributed by atoms with E-state index in [-0.39, 0.29) is 5.75 Å². The first-order chi connectivity index (χ1) is 12.0. The summed E-state index contributed by atoms with van der Waals surface area (Å²) in [5.74, 6) is 0.450. The van der Waals surface area contributed by atoms with E-state index in [0.29, 0.717) is 41.0 Å². The third-order valence-corrected chi connectivity index (χ3v) is 3.70. The smallest absolute Gasteiger partial charge is 0.255 e. The number of aryl methyl sites for hydroxylation is 1. The van der Waals surface area contributed by atoms with Gasteiger partial charge in [0, 0.05) is 5.56 Å². The lowest BCUT2D eigenvalue weighted by Gasteiger charge is -2.15. The second-order valence-corrected chi connectivity index (χ2v) is 5.95. The zero-order valence-electron chi connectivity index (χ0n) is 14.6. The minimum Gasteiger partial charge on any atom is -0.506 e. The standard InChI is InChI=1S/C19H22ClNO4/c1-4-8-25-18-14(20)10-13(11-17(18)24-5-2)19(23)21-15-9-12(3)6-7-16(15)22/h6-7,9-11,22H,4-5,8H2,1-3H3,(H,21,23). The highest BCUT2D eigenvalue weighted by molar-refractivity contribution is 6.32. The second kappa shape index (κ2) is 8.62. The Morgan fingerprint density at radius 1 is 1.20 bits per heavy atom. The van der Waals surface area contributed by atoms with Crippen LogP contribution in [-0.2, 0) is 0 Å². The van der Waals surface area contributed by atoms with Crippen molar-refractivity contribution >= 4 is 23.2 Å². The number of carbonyl (C=O) groups is 1. The van der Waals surface area contributed by atoms with Gasteiger partial charge in [-0.2, -0.15) is 0 Å². The van der Waals surface area contributed by atoms with Crippen molar-refractivity contribution in [2.24, 2.45) is 0 Å². The van der Waals surface area contributed by atoms with Gasteiger partial charge < -0.3 is 19.9 Å². The van der Waals surface area contributed by atoms with Gasteiger partial charge in [0.05, 0.1) is 23.9 Å². The second-order valence-electron chi connectivity index (χ2n) is 5.54. The molecule has 0 heterocycles. The van der Waals surface area contributed by atoms with Crippen molar-refractivity contribution in [3.05, 3.63) is 46.5 Å². The maximum atomic E-state index is 12.5. The molecule has 2 aromatic rings. The van der Waals surface area contributed by atoms with E-state index in [9.17, 15) is 9.90 Å². The molecule has 0 radical (unpaired) electrons. The number of hydrogen-bond acceptors (Lipinski definition) is 4. The highest BCUT2D eigenvalue weighted by Crippen LogP contribution is 2.37. The van der Waals surface area contributed by atoms with Crippen molar-refractivity contribution in [1.82, 2.24) is 0 Å². The fourth-order valence-electron chi connectivity index (χ4n) is 2.25. The zero-order chi connectivity index (χ0) is 18.4. The molecule has 2 rings (SSSR count). The third-order valence-electron chi connectivity index (χ3n) is 3.42. The summed E-state index contributed by atoms with van der Waals surface area (Å²) >= 11 is 6.28. The molecule has 0 spiro atoms. The van der Waals surface area contributed by atoms with Gasteiger partial charge in [0.15, 0.2) is 11.5 Å². The van der Waals surface area contributed by atoms with Crippen LogP contribution in [0.3, 0.4) is 0 Å². The summed E-state index contributed by atoms with van der Waals surface area (Å²) in [5.41, 5.74) is 1.58. The molecule has 5 nitrogen and oxygen atoms in total. The number of nitrogens with one attached hydrogen (secondary N) is 1. The van der Waals surface area contributed by atoms with Crippen molar-refractivity contribution in [2.75, 3.05) is 18.5 Å². The summed E-state index contributed by atoms with van der Waals surface area (Å²) in [4.78, 5) is 12.5. The summed E-state index contributed by atoms with van der Waals surface area (Å²) in [7, 11) is 0. The molecule has 0 unspecified atom stereocenters. The van der Waals surface area contributed by atoms with Crippen LogP contribution in [-0.4, -0.2) is 24.2 Å². The van der Waals surface area contributed by atoms with Crippen LogP contribution in [0.15, 0.2) is 30.3 Å². The summed E-state index contributed by atoms with van der Waals surface area (Å²) in [6.07, 6.45) is 0.830. The molecule has 0 saturated heterocycles. The molecule has 2 N–H and O–H groups in total. The normalized spacial score (nSPS) is 10.4. The van der Waals surface area contributed by atoms with Crippen LogP contribution in [0, 0.1) is 6.92 Å². The average Bonchev–Trinajstić information content (AvgIpc) is 2.57. The Bertz CT molecular complexity index is 761. The first kappa shape index (κ1) is 18.9. The molecule has 25 heavy (non-hydrogen) atoms. The number of carbonyl (C=O) groups excluding carboxylic acids is 1. The van der Waals surface area contributed by atoms with E-state index in [4.69, 9.17) is 21.1 Å². The summed E-state index contributed by atoms with van der Waals surface area (Å²) in [6.45, 7) is 6.63. The molecule has 134 valence electrons. The van der Waals surface area contributed by atoms with Gasteiger partial charge in [0.2, 0.25) is 0 Å². The Balaban J connectivity index is 2.31. The molecule has 0 bridgehead atoms. The van der Waals surface area contributed by atoms with E-state index in [2.05, 4.69) is 5.32 Å². The molecule has 0 saturated carbocycles. The number of amides is 1. The summed E-state index contributed by atoms with van der Waals surface area (Å²) in [5, 5.41) is 12.9. The summed E-state index contributed by atoms with van der Waals surface area (Å²) in [6, 6.07) is 8.09. The molecule has 0 fully saturated rings. The first-order valence-electron chi connectivity index (χ1n) is 8.16.